The van der Waals surface area contributed by atoms with Crippen LogP contribution in [-0.2, 0) is 39.9 Å². The van der Waals surface area contributed by atoms with Crippen molar-refractivity contribution in [2.24, 2.45) is 5.73 Å². The summed E-state index contributed by atoms with van der Waals surface area (Å²) in [5, 5.41) is 5.63. The van der Waals surface area contributed by atoms with Crippen molar-refractivity contribution in [1.29, 1.82) is 0 Å². The molecule has 0 heterocycles. The van der Waals surface area contributed by atoms with E-state index in [1.807, 2.05) is 36.4 Å². The Morgan fingerprint density at radius 2 is 0.952 bits per heavy atom. The molecule has 0 radical (unpaired) electrons. The topological polar surface area (TPSA) is 169 Å². The standard InChI is InChI=1S/C49H82N4O9/c50-30-32-51-48(55)29-34-57-36-38-59-40-41-60-39-37-58-35-33-52-47(54)28-21-16-14-12-10-8-6-4-2-1-3-5-7-9-11-13-15-17-22-31-53-62-46-27-23-26-45(42-46)49(56)61-43-44-24-19-18-20-25-44/h18-20,23-27,42,53H,1-17,21-22,28-41,43,50H2,(H,51,55)(H,52,54). The quantitative estimate of drug-likeness (QED) is 0.0287. The van der Waals surface area contributed by atoms with Crippen molar-refractivity contribution >= 4 is 17.8 Å². The van der Waals surface area contributed by atoms with Crippen molar-refractivity contribution in [2.45, 2.75) is 141 Å². The van der Waals surface area contributed by atoms with E-state index in [4.69, 9.17) is 34.3 Å². The highest BCUT2D eigenvalue weighted by Crippen LogP contribution is 2.16. The number of benzene rings is 2. The zero-order chi connectivity index (χ0) is 44.2. The van der Waals surface area contributed by atoms with Gasteiger partial charge in [0.1, 0.15) is 12.4 Å². The van der Waals surface area contributed by atoms with Gasteiger partial charge in [-0.15, -0.1) is 0 Å². The molecule has 0 aliphatic heterocycles. The Hall–Kier alpha value is -3.59. The number of ether oxygens (including phenoxy) is 5. The lowest BCUT2D eigenvalue weighted by molar-refractivity contribution is -0.122. The Bertz CT molecular complexity index is 1350. The summed E-state index contributed by atoms with van der Waals surface area (Å²) in [6.45, 7) is 6.09. The Morgan fingerprint density at radius 1 is 0.468 bits per heavy atom. The van der Waals surface area contributed by atoms with Gasteiger partial charge in [-0.2, -0.15) is 5.48 Å². The maximum atomic E-state index is 12.4. The molecular formula is C49H82N4O9. The minimum atomic E-state index is -0.359. The van der Waals surface area contributed by atoms with Crippen LogP contribution < -0.4 is 26.7 Å². The second-order valence-corrected chi connectivity index (χ2v) is 15.7. The summed E-state index contributed by atoms with van der Waals surface area (Å²) in [5.41, 5.74) is 9.81. The molecule has 0 atom stereocenters. The summed E-state index contributed by atoms with van der Waals surface area (Å²) in [6.07, 6.45) is 25.2. The van der Waals surface area contributed by atoms with Crippen molar-refractivity contribution < 1.29 is 42.9 Å². The third-order valence-electron chi connectivity index (χ3n) is 10.3. The Kier molecular flexibility index (Phi) is 36.4. The van der Waals surface area contributed by atoms with E-state index in [9.17, 15) is 14.4 Å². The number of hydrogen-bond donors (Lipinski definition) is 4. The lowest BCUT2D eigenvalue weighted by Gasteiger charge is -2.09. The highest BCUT2D eigenvalue weighted by atomic mass is 16.6. The second-order valence-electron chi connectivity index (χ2n) is 15.7. The number of rotatable bonds is 44. The Morgan fingerprint density at radius 3 is 1.52 bits per heavy atom. The van der Waals surface area contributed by atoms with Gasteiger partial charge < -0.3 is 44.9 Å². The number of hydroxylamine groups is 1. The summed E-state index contributed by atoms with van der Waals surface area (Å²) < 4.78 is 27.2. The molecule has 2 aromatic carbocycles. The predicted molar refractivity (Wildman–Crippen MR) is 246 cm³/mol. The van der Waals surface area contributed by atoms with Crippen molar-refractivity contribution in [1.82, 2.24) is 16.1 Å². The fourth-order valence-electron chi connectivity index (χ4n) is 6.69. The van der Waals surface area contributed by atoms with E-state index in [1.54, 1.807) is 18.2 Å². The van der Waals surface area contributed by atoms with Gasteiger partial charge in [-0.3, -0.25) is 9.59 Å². The van der Waals surface area contributed by atoms with E-state index < -0.39 is 0 Å². The minimum Gasteiger partial charge on any atom is -0.457 e. The van der Waals surface area contributed by atoms with Crippen LogP contribution in [0.15, 0.2) is 54.6 Å². The molecule has 2 aromatic rings. The normalized spacial score (nSPS) is 11.1. The first-order chi connectivity index (χ1) is 30.6. The van der Waals surface area contributed by atoms with Gasteiger partial charge in [0.2, 0.25) is 11.8 Å². The smallest absolute Gasteiger partial charge is 0.338 e. The zero-order valence-corrected chi connectivity index (χ0v) is 38.0. The molecule has 5 N–H and O–H groups in total. The first kappa shape index (κ1) is 54.5. The highest BCUT2D eigenvalue weighted by Gasteiger charge is 2.09. The monoisotopic (exact) mass is 871 g/mol. The van der Waals surface area contributed by atoms with Gasteiger partial charge in [-0.25, -0.2) is 4.79 Å². The SMILES string of the molecule is NCCNC(=O)CCOCCOCCOCCOCCNC(=O)CCCCCCCCCCCCCCCCCCCCCNOc1cccc(C(=O)OCc2ccccc2)c1. The molecule has 13 heteroatoms. The molecule has 2 amide bonds. The van der Waals surface area contributed by atoms with Crippen LogP contribution in [0.2, 0.25) is 0 Å². The number of nitrogens with two attached hydrogens (primary N) is 1. The van der Waals surface area contributed by atoms with E-state index in [-0.39, 0.29) is 24.4 Å². The van der Waals surface area contributed by atoms with E-state index in [0.29, 0.717) is 96.6 Å². The predicted octanol–water partition coefficient (Wildman–Crippen LogP) is 8.38. The molecule has 0 fully saturated rings. The molecule has 0 saturated heterocycles. The summed E-state index contributed by atoms with van der Waals surface area (Å²) >= 11 is 0. The maximum absolute atomic E-state index is 12.4. The van der Waals surface area contributed by atoms with Crippen LogP contribution in [0, 0.1) is 0 Å². The number of esters is 1. The maximum Gasteiger partial charge on any atom is 0.338 e. The van der Waals surface area contributed by atoms with Crippen molar-refractivity contribution in [2.75, 3.05) is 79.0 Å². The van der Waals surface area contributed by atoms with E-state index in [2.05, 4.69) is 16.1 Å². The highest BCUT2D eigenvalue weighted by molar-refractivity contribution is 5.89. The number of amides is 2. The molecule has 0 aromatic heterocycles. The van der Waals surface area contributed by atoms with Gasteiger partial charge in [0.15, 0.2) is 0 Å². The Labute approximate surface area is 373 Å². The molecule has 0 unspecified atom stereocenters. The lowest BCUT2D eigenvalue weighted by atomic mass is 10.0. The summed E-state index contributed by atoms with van der Waals surface area (Å²) in [7, 11) is 0. The average Bonchev–Trinajstić information content (AvgIpc) is 3.29. The van der Waals surface area contributed by atoms with Crippen LogP contribution >= 0.6 is 0 Å². The molecule has 13 nitrogen and oxygen atoms in total. The zero-order valence-electron chi connectivity index (χ0n) is 38.0. The average molecular weight is 871 g/mol. The van der Waals surface area contributed by atoms with Crippen LogP contribution in [0.3, 0.4) is 0 Å². The molecule has 62 heavy (non-hydrogen) atoms. The van der Waals surface area contributed by atoms with Crippen molar-refractivity contribution in [3.63, 3.8) is 0 Å². The third-order valence-corrected chi connectivity index (χ3v) is 10.3. The Balaban J connectivity index is 1.20. The summed E-state index contributed by atoms with van der Waals surface area (Å²) in [6, 6.07) is 16.7. The number of carbonyl (C=O) groups excluding carboxylic acids is 3. The molecule has 0 aliphatic carbocycles. The molecule has 0 aliphatic rings. The molecule has 352 valence electrons. The van der Waals surface area contributed by atoms with Crippen LogP contribution in [0.5, 0.6) is 5.75 Å². The first-order valence-electron chi connectivity index (χ1n) is 23.8. The van der Waals surface area contributed by atoms with Gasteiger partial charge in [-0.1, -0.05) is 146 Å². The summed E-state index contributed by atoms with van der Waals surface area (Å²) in [4.78, 5) is 41.6. The fourth-order valence-corrected chi connectivity index (χ4v) is 6.69. The van der Waals surface area contributed by atoms with Gasteiger partial charge in [-0.05, 0) is 36.6 Å². The van der Waals surface area contributed by atoms with E-state index >= 15 is 0 Å². The van der Waals surface area contributed by atoms with E-state index in [0.717, 1.165) is 31.4 Å². The summed E-state index contributed by atoms with van der Waals surface area (Å²) in [5.74, 6) is 0.291. The minimum absolute atomic E-state index is 0.0614. The molecule has 0 saturated carbocycles. The third kappa shape index (κ3) is 34.0. The van der Waals surface area contributed by atoms with Crippen LogP contribution in [0.4, 0.5) is 0 Å². The largest absolute Gasteiger partial charge is 0.457 e. The van der Waals surface area contributed by atoms with Gasteiger partial charge >= 0.3 is 5.97 Å². The molecule has 0 spiro atoms. The van der Waals surface area contributed by atoms with Crippen LogP contribution in [0.1, 0.15) is 151 Å². The number of nitrogens with one attached hydrogen (secondary N) is 3. The van der Waals surface area contributed by atoms with Crippen molar-refractivity contribution in [3.05, 3.63) is 65.7 Å². The fraction of sp³-hybridized carbons (Fsp3) is 0.694. The first-order valence-corrected chi connectivity index (χ1v) is 23.8. The molecule has 0 bridgehead atoms. The van der Waals surface area contributed by atoms with Gasteiger partial charge in [0.05, 0.1) is 58.4 Å². The lowest BCUT2D eigenvalue weighted by Crippen LogP contribution is -2.29. The molecule has 2 rings (SSSR count). The molecular weight excluding hydrogens is 789 g/mol. The van der Waals surface area contributed by atoms with Crippen LogP contribution in [0.25, 0.3) is 0 Å². The van der Waals surface area contributed by atoms with Gasteiger partial charge in [0, 0.05) is 39.0 Å². The number of unbranched alkanes of at least 4 members (excludes halogenated alkanes) is 18. The number of hydrogen-bond acceptors (Lipinski definition) is 11. The van der Waals surface area contributed by atoms with E-state index in [1.165, 1.54) is 103 Å². The second kappa shape index (κ2) is 41.4. The van der Waals surface area contributed by atoms with Gasteiger partial charge in [0.25, 0.3) is 0 Å². The van der Waals surface area contributed by atoms with Crippen molar-refractivity contribution in [3.8, 4) is 5.75 Å². The number of carbonyl (C=O) groups is 3. The van der Waals surface area contributed by atoms with Crippen LogP contribution in [-0.4, -0.2) is 96.8 Å².